The number of rotatable bonds is 6. The standard InChI is InChI=1S/C13H20FNO/c1-3-4-5-6-12(15)11-8-7-10(14)9-13(11)16-2/h7-9,12H,3-6,15H2,1-2H3/t12-/m0/s1. The molecule has 0 aliphatic rings. The van der Waals surface area contributed by atoms with Crippen molar-refractivity contribution in [3.63, 3.8) is 0 Å². The van der Waals surface area contributed by atoms with Crippen molar-refractivity contribution in [1.82, 2.24) is 0 Å². The summed E-state index contributed by atoms with van der Waals surface area (Å²) < 4.78 is 18.1. The Bertz CT molecular complexity index is 328. The van der Waals surface area contributed by atoms with Gasteiger partial charge in [-0.15, -0.1) is 0 Å². The Kier molecular flexibility index (Phi) is 5.26. The van der Waals surface area contributed by atoms with E-state index >= 15 is 0 Å². The van der Waals surface area contributed by atoms with Crippen molar-refractivity contribution in [2.75, 3.05) is 7.11 Å². The Morgan fingerprint density at radius 1 is 1.38 bits per heavy atom. The second-order valence-corrected chi connectivity index (χ2v) is 3.99. The van der Waals surface area contributed by atoms with Gasteiger partial charge in [0.25, 0.3) is 0 Å². The molecule has 0 bridgehead atoms. The summed E-state index contributed by atoms with van der Waals surface area (Å²) in [5.74, 6) is 0.255. The smallest absolute Gasteiger partial charge is 0.126 e. The van der Waals surface area contributed by atoms with Gasteiger partial charge in [0.2, 0.25) is 0 Å². The molecule has 2 nitrogen and oxygen atoms in total. The Balaban J connectivity index is 2.70. The molecule has 0 amide bonds. The predicted octanol–water partition coefficient (Wildman–Crippen LogP) is 3.41. The lowest BCUT2D eigenvalue weighted by Gasteiger charge is -2.15. The van der Waals surface area contributed by atoms with E-state index in [0.29, 0.717) is 5.75 Å². The minimum absolute atomic E-state index is 0.0675. The number of ether oxygens (including phenoxy) is 1. The topological polar surface area (TPSA) is 35.2 Å². The van der Waals surface area contributed by atoms with Crippen LogP contribution in [-0.4, -0.2) is 7.11 Å². The van der Waals surface area contributed by atoms with E-state index in [1.54, 1.807) is 6.07 Å². The van der Waals surface area contributed by atoms with Crippen LogP contribution in [0.5, 0.6) is 5.75 Å². The zero-order chi connectivity index (χ0) is 12.0. The van der Waals surface area contributed by atoms with Crippen LogP contribution in [0.4, 0.5) is 4.39 Å². The Labute approximate surface area is 96.6 Å². The highest BCUT2D eigenvalue weighted by atomic mass is 19.1. The summed E-state index contributed by atoms with van der Waals surface area (Å²) in [5, 5.41) is 0. The second-order valence-electron chi connectivity index (χ2n) is 3.99. The molecule has 0 saturated heterocycles. The molecule has 0 fully saturated rings. The van der Waals surface area contributed by atoms with Crippen LogP contribution in [0.2, 0.25) is 0 Å². The van der Waals surface area contributed by atoms with E-state index in [1.165, 1.54) is 32.1 Å². The molecule has 0 heterocycles. The maximum Gasteiger partial charge on any atom is 0.126 e. The summed E-state index contributed by atoms with van der Waals surface area (Å²) in [5.41, 5.74) is 6.95. The summed E-state index contributed by atoms with van der Waals surface area (Å²) in [7, 11) is 1.54. The zero-order valence-electron chi connectivity index (χ0n) is 10.0. The second kappa shape index (κ2) is 6.48. The number of unbranched alkanes of at least 4 members (excludes halogenated alkanes) is 2. The Morgan fingerprint density at radius 3 is 2.75 bits per heavy atom. The maximum absolute atomic E-state index is 13.0. The molecule has 1 rings (SSSR count). The normalized spacial score (nSPS) is 12.5. The molecular weight excluding hydrogens is 205 g/mol. The van der Waals surface area contributed by atoms with Crippen LogP contribution >= 0.6 is 0 Å². The molecule has 1 atom stereocenters. The molecule has 0 aromatic heterocycles. The zero-order valence-corrected chi connectivity index (χ0v) is 10.0. The molecular formula is C13H20FNO. The van der Waals surface area contributed by atoms with E-state index in [1.807, 2.05) is 0 Å². The number of nitrogens with two attached hydrogens (primary N) is 1. The quantitative estimate of drug-likeness (QED) is 0.753. The van der Waals surface area contributed by atoms with Crippen LogP contribution in [0.15, 0.2) is 18.2 Å². The van der Waals surface area contributed by atoms with Crippen LogP contribution in [0.25, 0.3) is 0 Å². The highest BCUT2D eigenvalue weighted by molar-refractivity contribution is 5.36. The van der Waals surface area contributed by atoms with Crippen molar-refractivity contribution >= 4 is 0 Å². The van der Waals surface area contributed by atoms with Gasteiger partial charge in [-0.2, -0.15) is 0 Å². The average molecular weight is 225 g/mol. The fourth-order valence-corrected chi connectivity index (χ4v) is 1.76. The molecule has 1 aromatic rings. The molecule has 0 radical (unpaired) electrons. The number of methoxy groups -OCH3 is 1. The number of benzene rings is 1. The van der Waals surface area contributed by atoms with Crippen molar-refractivity contribution in [2.45, 2.75) is 38.6 Å². The first-order valence-corrected chi connectivity index (χ1v) is 5.78. The Morgan fingerprint density at radius 2 is 2.12 bits per heavy atom. The van der Waals surface area contributed by atoms with E-state index in [4.69, 9.17) is 10.5 Å². The van der Waals surface area contributed by atoms with Crippen LogP contribution in [0.3, 0.4) is 0 Å². The van der Waals surface area contributed by atoms with Gasteiger partial charge in [0, 0.05) is 17.7 Å². The molecule has 90 valence electrons. The third kappa shape index (κ3) is 3.49. The number of hydrogen-bond acceptors (Lipinski definition) is 2. The Hall–Kier alpha value is -1.09. The van der Waals surface area contributed by atoms with Gasteiger partial charge < -0.3 is 10.5 Å². The predicted molar refractivity (Wildman–Crippen MR) is 64.0 cm³/mol. The van der Waals surface area contributed by atoms with Crippen molar-refractivity contribution < 1.29 is 9.13 Å². The SMILES string of the molecule is CCCCC[C@H](N)c1ccc(F)cc1OC. The van der Waals surface area contributed by atoms with Crippen molar-refractivity contribution in [1.29, 1.82) is 0 Å². The van der Waals surface area contributed by atoms with Crippen LogP contribution in [0.1, 0.15) is 44.2 Å². The van der Waals surface area contributed by atoms with Crippen LogP contribution < -0.4 is 10.5 Å². The minimum atomic E-state index is -0.290. The van der Waals surface area contributed by atoms with Gasteiger partial charge in [-0.25, -0.2) is 4.39 Å². The lowest BCUT2D eigenvalue weighted by Crippen LogP contribution is -2.11. The van der Waals surface area contributed by atoms with Gasteiger partial charge in [-0.3, -0.25) is 0 Å². The lowest BCUT2D eigenvalue weighted by atomic mass is 10.0. The highest BCUT2D eigenvalue weighted by Gasteiger charge is 2.12. The average Bonchev–Trinajstić information content (AvgIpc) is 2.29. The van der Waals surface area contributed by atoms with Gasteiger partial charge in [0.1, 0.15) is 11.6 Å². The van der Waals surface area contributed by atoms with Crippen molar-refractivity contribution in [3.05, 3.63) is 29.6 Å². The van der Waals surface area contributed by atoms with Crippen LogP contribution in [0, 0.1) is 5.82 Å². The van der Waals surface area contributed by atoms with E-state index < -0.39 is 0 Å². The van der Waals surface area contributed by atoms with Crippen molar-refractivity contribution in [2.24, 2.45) is 5.73 Å². The lowest BCUT2D eigenvalue weighted by molar-refractivity contribution is 0.399. The first kappa shape index (κ1) is 13.0. The van der Waals surface area contributed by atoms with Gasteiger partial charge in [-0.05, 0) is 12.5 Å². The molecule has 0 unspecified atom stereocenters. The summed E-state index contributed by atoms with van der Waals surface area (Å²) in [4.78, 5) is 0. The minimum Gasteiger partial charge on any atom is -0.496 e. The molecule has 1 aromatic carbocycles. The summed E-state index contributed by atoms with van der Waals surface area (Å²) in [6.07, 6.45) is 4.36. The molecule has 16 heavy (non-hydrogen) atoms. The molecule has 0 saturated carbocycles. The molecule has 0 aliphatic heterocycles. The van der Waals surface area contributed by atoms with Crippen LogP contribution in [-0.2, 0) is 0 Å². The largest absolute Gasteiger partial charge is 0.496 e. The third-order valence-corrected chi connectivity index (χ3v) is 2.71. The summed E-state index contributed by atoms with van der Waals surface area (Å²) in [6, 6.07) is 4.46. The van der Waals surface area contributed by atoms with Gasteiger partial charge in [-0.1, -0.05) is 32.3 Å². The highest BCUT2D eigenvalue weighted by Crippen LogP contribution is 2.27. The third-order valence-electron chi connectivity index (χ3n) is 2.71. The first-order chi connectivity index (χ1) is 7.69. The summed E-state index contributed by atoms with van der Waals surface area (Å²) in [6.45, 7) is 2.16. The van der Waals surface area contributed by atoms with E-state index in [0.717, 1.165) is 18.4 Å². The monoisotopic (exact) mass is 225 g/mol. The van der Waals surface area contributed by atoms with E-state index in [9.17, 15) is 4.39 Å². The maximum atomic E-state index is 13.0. The number of halogens is 1. The van der Waals surface area contributed by atoms with Gasteiger partial charge >= 0.3 is 0 Å². The van der Waals surface area contributed by atoms with Gasteiger partial charge in [0.15, 0.2) is 0 Å². The first-order valence-electron chi connectivity index (χ1n) is 5.78. The van der Waals surface area contributed by atoms with Crippen molar-refractivity contribution in [3.8, 4) is 5.75 Å². The van der Waals surface area contributed by atoms with E-state index in [-0.39, 0.29) is 11.9 Å². The molecule has 3 heteroatoms. The molecule has 0 aliphatic carbocycles. The van der Waals surface area contributed by atoms with Gasteiger partial charge in [0.05, 0.1) is 7.11 Å². The van der Waals surface area contributed by atoms with E-state index in [2.05, 4.69) is 6.92 Å². The fraction of sp³-hybridized carbons (Fsp3) is 0.538. The molecule has 2 N–H and O–H groups in total. The fourth-order valence-electron chi connectivity index (χ4n) is 1.76. The molecule has 0 spiro atoms. The number of hydrogen-bond donors (Lipinski definition) is 1. The summed E-state index contributed by atoms with van der Waals surface area (Å²) >= 11 is 0.